The van der Waals surface area contributed by atoms with E-state index in [-0.39, 0.29) is 17.2 Å². The normalized spacial score (nSPS) is 10.8. The van der Waals surface area contributed by atoms with Gasteiger partial charge in [0.1, 0.15) is 18.2 Å². The van der Waals surface area contributed by atoms with Crippen LogP contribution < -0.4 is 14.8 Å². The molecule has 0 saturated carbocycles. The number of methoxy groups -OCH3 is 1. The van der Waals surface area contributed by atoms with Crippen molar-refractivity contribution in [3.05, 3.63) is 93.0 Å². The molecule has 0 heterocycles. The molecule has 3 aromatic carbocycles. The van der Waals surface area contributed by atoms with E-state index in [4.69, 9.17) is 32.7 Å². The number of ether oxygens (including phenoxy) is 3. The first-order valence-electron chi connectivity index (χ1n) is 10.8. The van der Waals surface area contributed by atoms with Crippen molar-refractivity contribution in [1.82, 2.24) is 0 Å². The van der Waals surface area contributed by atoms with Crippen LogP contribution in [-0.2, 0) is 16.1 Å². The molecule has 3 rings (SSSR count). The van der Waals surface area contributed by atoms with Crippen LogP contribution in [0.25, 0.3) is 6.08 Å². The summed E-state index contributed by atoms with van der Waals surface area (Å²) in [6.07, 6.45) is 1.39. The molecule has 9 heteroatoms. The minimum Gasteiger partial charge on any atom is -0.490 e. The Bertz CT molecular complexity index is 1330. The maximum Gasteiger partial charge on any atom is 0.337 e. The van der Waals surface area contributed by atoms with Gasteiger partial charge in [-0.15, -0.1) is 0 Å². The molecule has 0 aliphatic heterocycles. The summed E-state index contributed by atoms with van der Waals surface area (Å²) in [4.78, 5) is 24.2. The fourth-order valence-corrected chi connectivity index (χ4v) is 3.62. The molecule has 0 radical (unpaired) electrons. The van der Waals surface area contributed by atoms with E-state index in [1.165, 1.54) is 37.5 Å². The number of nitriles is 1. The van der Waals surface area contributed by atoms with E-state index in [2.05, 4.69) is 10.1 Å². The highest BCUT2D eigenvalue weighted by atomic mass is 35.5. The first kappa shape index (κ1) is 26.6. The maximum absolute atomic E-state index is 12.7. The summed E-state index contributed by atoms with van der Waals surface area (Å²) in [6, 6.07) is 18.5. The summed E-state index contributed by atoms with van der Waals surface area (Å²) in [5.41, 5.74) is 1.84. The molecule has 3 aromatic rings. The number of hydrogen-bond acceptors (Lipinski definition) is 6. The molecule has 0 bridgehead atoms. The molecule has 184 valence electrons. The Balaban J connectivity index is 1.82. The van der Waals surface area contributed by atoms with Crippen molar-refractivity contribution in [2.45, 2.75) is 13.5 Å². The third-order valence-electron chi connectivity index (χ3n) is 4.90. The average molecular weight is 525 g/mol. The number of carbonyl (C=O) groups excluding carboxylic acids is 2. The van der Waals surface area contributed by atoms with E-state index in [0.717, 1.165) is 5.56 Å². The number of benzene rings is 3. The fourth-order valence-electron chi connectivity index (χ4n) is 3.16. The highest BCUT2D eigenvalue weighted by Gasteiger charge is 2.16. The summed E-state index contributed by atoms with van der Waals surface area (Å²) >= 11 is 12.7. The van der Waals surface area contributed by atoms with Gasteiger partial charge in [0.25, 0.3) is 5.91 Å². The van der Waals surface area contributed by atoms with Crippen molar-refractivity contribution < 1.29 is 23.8 Å². The topological polar surface area (TPSA) is 97.7 Å². The SMILES string of the molecule is CCOc1cc(/C=C(\C#N)C(=O)Nc2ccc(C(=O)OC)cc2)cc(Cl)c1OCc1ccccc1Cl. The van der Waals surface area contributed by atoms with Crippen molar-refractivity contribution >= 4 is 46.8 Å². The zero-order chi connectivity index (χ0) is 26.1. The second-order valence-corrected chi connectivity index (χ2v) is 8.15. The van der Waals surface area contributed by atoms with Crippen molar-refractivity contribution in [2.24, 2.45) is 0 Å². The predicted octanol–water partition coefficient (Wildman–Crippen LogP) is 6.30. The molecule has 7 nitrogen and oxygen atoms in total. The zero-order valence-electron chi connectivity index (χ0n) is 19.5. The van der Waals surface area contributed by atoms with Crippen LogP contribution in [-0.4, -0.2) is 25.6 Å². The third kappa shape index (κ3) is 6.79. The molecular weight excluding hydrogens is 503 g/mol. The Kier molecular flexibility index (Phi) is 9.34. The highest BCUT2D eigenvalue weighted by molar-refractivity contribution is 6.32. The summed E-state index contributed by atoms with van der Waals surface area (Å²) in [5, 5.41) is 13.0. The van der Waals surface area contributed by atoms with E-state index in [9.17, 15) is 14.9 Å². The van der Waals surface area contributed by atoms with Gasteiger partial charge in [-0.3, -0.25) is 4.79 Å². The number of nitrogens with one attached hydrogen (secondary N) is 1. The second kappa shape index (κ2) is 12.6. The van der Waals surface area contributed by atoms with E-state index in [1.54, 1.807) is 18.2 Å². The quantitative estimate of drug-likeness (QED) is 0.200. The van der Waals surface area contributed by atoms with Crippen molar-refractivity contribution in [2.75, 3.05) is 19.0 Å². The molecule has 0 unspecified atom stereocenters. The van der Waals surface area contributed by atoms with Crippen LogP contribution in [0.5, 0.6) is 11.5 Å². The van der Waals surface area contributed by atoms with Crippen LogP contribution in [0.4, 0.5) is 5.69 Å². The molecule has 1 N–H and O–H groups in total. The lowest BCUT2D eigenvalue weighted by Crippen LogP contribution is -2.13. The number of anilines is 1. The maximum atomic E-state index is 12.7. The summed E-state index contributed by atoms with van der Waals surface area (Å²) < 4.78 is 16.2. The molecule has 0 aromatic heterocycles. The molecule has 0 fully saturated rings. The van der Waals surface area contributed by atoms with E-state index >= 15 is 0 Å². The first-order valence-corrected chi connectivity index (χ1v) is 11.6. The minimum absolute atomic E-state index is 0.157. The van der Waals surface area contributed by atoms with E-state index in [1.807, 2.05) is 31.2 Å². The monoisotopic (exact) mass is 524 g/mol. The second-order valence-electron chi connectivity index (χ2n) is 7.34. The fraction of sp³-hybridized carbons (Fsp3) is 0.148. The minimum atomic E-state index is -0.628. The van der Waals surface area contributed by atoms with Crippen LogP contribution in [0.15, 0.2) is 66.2 Å². The summed E-state index contributed by atoms with van der Waals surface area (Å²) in [6.45, 7) is 2.34. The Morgan fingerprint density at radius 2 is 1.75 bits per heavy atom. The summed E-state index contributed by atoms with van der Waals surface area (Å²) in [7, 11) is 1.28. The van der Waals surface area contributed by atoms with Crippen molar-refractivity contribution in [3.8, 4) is 17.6 Å². The van der Waals surface area contributed by atoms with Crippen molar-refractivity contribution in [1.29, 1.82) is 5.26 Å². The van der Waals surface area contributed by atoms with Gasteiger partial charge in [-0.1, -0.05) is 41.4 Å². The van der Waals surface area contributed by atoms with Gasteiger partial charge in [-0.05, 0) is 61.0 Å². The Hall–Kier alpha value is -3.99. The third-order valence-corrected chi connectivity index (χ3v) is 5.55. The van der Waals surface area contributed by atoms with Gasteiger partial charge in [-0.25, -0.2) is 4.79 Å². The molecular formula is C27H22Cl2N2O5. The van der Waals surface area contributed by atoms with Crippen LogP contribution in [0.3, 0.4) is 0 Å². The van der Waals surface area contributed by atoms with Gasteiger partial charge >= 0.3 is 5.97 Å². The standard InChI is InChI=1S/C27H22Cl2N2O5/c1-3-35-24-14-17(13-23(29)25(24)36-16-19-6-4-5-7-22(19)28)12-20(15-30)26(32)31-21-10-8-18(9-11-21)27(33)34-2/h4-14H,3,16H2,1-2H3,(H,31,32)/b20-12+. The van der Waals surface area contributed by atoms with Gasteiger partial charge in [0.05, 0.1) is 24.3 Å². The number of esters is 1. The van der Waals surface area contributed by atoms with Crippen LogP contribution >= 0.6 is 23.2 Å². The number of halogens is 2. The van der Waals surface area contributed by atoms with Crippen LogP contribution in [0, 0.1) is 11.3 Å². The molecule has 0 aliphatic carbocycles. The number of amides is 1. The van der Waals surface area contributed by atoms with Crippen LogP contribution in [0.1, 0.15) is 28.4 Å². The van der Waals surface area contributed by atoms with Gasteiger partial charge in [0.15, 0.2) is 11.5 Å². The number of rotatable bonds is 9. The summed E-state index contributed by atoms with van der Waals surface area (Å²) in [5.74, 6) is -0.438. The largest absolute Gasteiger partial charge is 0.490 e. The lowest BCUT2D eigenvalue weighted by atomic mass is 10.1. The average Bonchev–Trinajstić information content (AvgIpc) is 2.87. The lowest BCUT2D eigenvalue weighted by molar-refractivity contribution is -0.112. The zero-order valence-corrected chi connectivity index (χ0v) is 21.0. The predicted molar refractivity (Wildman–Crippen MR) is 138 cm³/mol. The van der Waals surface area contributed by atoms with E-state index < -0.39 is 11.9 Å². The van der Waals surface area contributed by atoms with E-state index in [0.29, 0.717) is 39.9 Å². The van der Waals surface area contributed by atoms with Gasteiger partial charge in [0.2, 0.25) is 0 Å². The molecule has 0 atom stereocenters. The van der Waals surface area contributed by atoms with Gasteiger partial charge < -0.3 is 19.5 Å². The number of nitrogens with zero attached hydrogens (tertiary/aromatic N) is 1. The van der Waals surface area contributed by atoms with Crippen LogP contribution in [0.2, 0.25) is 10.0 Å². The Morgan fingerprint density at radius 1 is 1.03 bits per heavy atom. The number of hydrogen-bond donors (Lipinski definition) is 1. The molecule has 0 spiro atoms. The highest BCUT2D eigenvalue weighted by Crippen LogP contribution is 2.38. The van der Waals surface area contributed by atoms with Crippen molar-refractivity contribution in [3.63, 3.8) is 0 Å². The Labute approximate surface area is 218 Å². The van der Waals surface area contributed by atoms with Gasteiger partial charge in [-0.2, -0.15) is 5.26 Å². The lowest BCUT2D eigenvalue weighted by Gasteiger charge is -2.15. The smallest absolute Gasteiger partial charge is 0.337 e. The number of carbonyl (C=O) groups is 2. The molecule has 0 saturated heterocycles. The van der Waals surface area contributed by atoms with Gasteiger partial charge in [0, 0.05) is 16.3 Å². The molecule has 36 heavy (non-hydrogen) atoms. The molecule has 1 amide bonds. The Morgan fingerprint density at radius 3 is 2.39 bits per heavy atom. The first-order chi connectivity index (χ1) is 17.4. The molecule has 0 aliphatic rings.